The highest BCUT2D eigenvalue weighted by atomic mass is 35.5. The number of hydrogen-bond acceptors (Lipinski definition) is 5. The van der Waals surface area contributed by atoms with Crippen LogP contribution in [0.4, 0.5) is 8.78 Å². The summed E-state index contributed by atoms with van der Waals surface area (Å²) in [5, 5.41) is 4.24. The van der Waals surface area contributed by atoms with E-state index in [4.69, 9.17) is 23.8 Å². The van der Waals surface area contributed by atoms with Gasteiger partial charge in [-0.25, -0.2) is 21.9 Å². The lowest BCUT2D eigenvalue weighted by Crippen LogP contribution is -2.48. The minimum Gasteiger partial charge on any atom is -0.303 e. The van der Waals surface area contributed by atoms with E-state index < -0.39 is 15.8 Å². The maximum absolute atomic E-state index is 14.2. The summed E-state index contributed by atoms with van der Waals surface area (Å²) in [5.41, 5.74) is 0.355. The second-order valence-corrected chi connectivity index (χ2v) is 10.1. The highest BCUT2D eigenvalue weighted by Gasteiger charge is 2.29. The van der Waals surface area contributed by atoms with Gasteiger partial charge in [-0.3, -0.25) is 4.90 Å². The standard InChI is InChI=1S/C20H20ClF2N5O2S2/c1-25-19(15-4-2-3-5-17(15)22)24-28(20(25)31)13-26-8-10-27(11-9-26)32(29,30)14-6-7-18(23)16(21)12-14/h2-7,12H,8-11,13H2,1H3. The number of nitrogens with zero attached hydrogens (tertiary/aromatic N) is 5. The fourth-order valence-electron chi connectivity index (χ4n) is 3.54. The lowest BCUT2D eigenvalue weighted by Gasteiger charge is -2.33. The minimum absolute atomic E-state index is 0.0428. The summed E-state index contributed by atoms with van der Waals surface area (Å²) in [6.45, 7) is 1.73. The monoisotopic (exact) mass is 499 g/mol. The fourth-order valence-corrected chi connectivity index (χ4v) is 5.42. The minimum atomic E-state index is -3.78. The molecule has 0 unspecified atom stereocenters. The summed E-state index contributed by atoms with van der Waals surface area (Å²) in [6, 6.07) is 9.72. The average Bonchev–Trinajstić information content (AvgIpc) is 3.04. The van der Waals surface area contributed by atoms with E-state index in [1.807, 2.05) is 4.90 Å². The molecule has 0 radical (unpaired) electrons. The molecule has 1 fully saturated rings. The van der Waals surface area contributed by atoms with Gasteiger partial charge in [0.15, 0.2) is 10.6 Å². The molecule has 4 rings (SSSR count). The van der Waals surface area contributed by atoms with E-state index in [9.17, 15) is 17.2 Å². The first-order valence-electron chi connectivity index (χ1n) is 9.75. The Morgan fingerprint density at radius 1 is 1.06 bits per heavy atom. The van der Waals surface area contributed by atoms with Gasteiger partial charge in [-0.1, -0.05) is 23.7 Å². The summed E-state index contributed by atoms with van der Waals surface area (Å²) < 4.78 is 58.3. The molecule has 0 N–H and O–H groups in total. The molecule has 12 heteroatoms. The van der Waals surface area contributed by atoms with Crippen molar-refractivity contribution in [2.75, 3.05) is 26.2 Å². The highest BCUT2D eigenvalue weighted by Crippen LogP contribution is 2.24. The molecule has 0 spiro atoms. The maximum Gasteiger partial charge on any atom is 0.243 e. The van der Waals surface area contributed by atoms with Crippen molar-refractivity contribution in [3.63, 3.8) is 0 Å². The Kier molecular flexibility index (Phi) is 6.46. The van der Waals surface area contributed by atoms with Crippen molar-refractivity contribution in [2.45, 2.75) is 11.6 Å². The summed E-state index contributed by atoms with van der Waals surface area (Å²) in [5.74, 6) is -0.637. The quantitative estimate of drug-likeness (QED) is 0.503. The Hall–Kier alpha value is -2.18. The van der Waals surface area contributed by atoms with Crippen molar-refractivity contribution in [3.05, 3.63) is 63.9 Å². The van der Waals surface area contributed by atoms with Crippen LogP contribution < -0.4 is 0 Å². The van der Waals surface area contributed by atoms with Crippen molar-refractivity contribution in [1.82, 2.24) is 23.6 Å². The van der Waals surface area contributed by atoms with E-state index in [1.165, 1.54) is 16.4 Å². The van der Waals surface area contributed by atoms with Crippen LogP contribution in [-0.4, -0.2) is 58.1 Å². The lowest BCUT2D eigenvalue weighted by molar-refractivity contribution is 0.144. The average molecular weight is 500 g/mol. The Labute approximate surface area is 194 Å². The number of rotatable bonds is 5. The smallest absolute Gasteiger partial charge is 0.243 e. The van der Waals surface area contributed by atoms with Crippen LogP contribution in [0.1, 0.15) is 0 Å². The summed E-state index contributed by atoms with van der Waals surface area (Å²) in [4.78, 5) is 1.97. The molecule has 0 saturated carbocycles. The van der Waals surface area contributed by atoms with Crippen LogP contribution in [0.5, 0.6) is 0 Å². The van der Waals surface area contributed by atoms with E-state index in [-0.39, 0.29) is 28.8 Å². The van der Waals surface area contributed by atoms with Gasteiger partial charge in [-0.15, -0.1) is 0 Å². The zero-order valence-electron chi connectivity index (χ0n) is 17.1. The van der Waals surface area contributed by atoms with Crippen molar-refractivity contribution in [3.8, 4) is 11.4 Å². The van der Waals surface area contributed by atoms with Gasteiger partial charge in [0.2, 0.25) is 10.0 Å². The number of aromatic nitrogens is 3. The van der Waals surface area contributed by atoms with Crippen molar-refractivity contribution in [2.24, 2.45) is 7.05 Å². The fraction of sp³-hybridized carbons (Fsp3) is 0.300. The molecule has 7 nitrogen and oxygen atoms in total. The van der Waals surface area contributed by atoms with Crippen molar-refractivity contribution < 1.29 is 17.2 Å². The molecule has 2 aromatic carbocycles. The molecule has 170 valence electrons. The molecule has 0 bridgehead atoms. The molecule has 1 aliphatic heterocycles. The Morgan fingerprint density at radius 2 is 1.75 bits per heavy atom. The molecular formula is C20H20ClF2N5O2S2. The lowest BCUT2D eigenvalue weighted by atomic mass is 10.2. The third-order valence-corrected chi connectivity index (χ3v) is 8.02. The van der Waals surface area contributed by atoms with Crippen LogP contribution in [-0.2, 0) is 23.7 Å². The molecule has 0 aliphatic carbocycles. The predicted octanol–water partition coefficient (Wildman–Crippen LogP) is 3.51. The van der Waals surface area contributed by atoms with Gasteiger partial charge < -0.3 is 4.57 Å². The van der Waals surface area contributed by atoms with Crippen LogP contribution in [0.25, 0.3) is 11.4 Å². The van der Waals surface area contributed by atoms with E-state index in [0.717, 1.165) is 12.1 Å². The van der Waals surface area contributed by atoms with Gasteiger partial charge in [-0.2, -0.15) is 9.40 Å². The molecular weight excluding hydrogens is 480 g/mol. The van der Waals surface area contributed by atoms with Gasteiger partial charge in [0, 0.05) is 33.2 Å². The molecule has 32 heavy (non-hydrogen) atoms. The van der Waals surface area contributed by atoms with E-state index in [1.54, 1.807) is 34.5 Å². The van der Waals surface area contributed by atoms with Crippen molar-refractivity contribution >= 4 is 33.8 Å². The Morgan fingerprint density at radius 3 is 2.41 bits per heavy atom. The summed E-state index contributed by atoms with van der Waals surface area (Å²) in [6.07, 6.45) is 0. The first-order chi connectivity index (χ1) is 15.2. The van der Waals surface area contributed by atoms with Crippen LogP contribution in [0.15, 0.2) is 47.4 Å². The topological polar surface area (TPSA) is 63.4 Å². The third kappa shape index (κ3) is 4.35. The first-order valence-corrected chi connectivity index (χ1v) is 12.0. The van der Waals surface area contributed by atoms with Crippen molar-refractivity contribution in [1.29, 1.82) is 0 Å². The molecule has 2 heterocycles. The maximum atomic E-state index is 14.2. The molecule has 1 saturated heterocycles. The van der Waals surface area contributed by atoms with Crippen LogP contribution in [0, 0.1) is 16.4 Å². The van der Waals surface area contributed by atoms with Gasteiger partial charge in [0.25, 0.3) is 0 Å². The second-order valence-electron chi connectivity index (χ2n) is 7.38. The zero-order valence-corrected chi connectivity index (χ0v) is 19.5. The van der Waals surface area contributed by atoms with E-state index in [0.29, 0.717) is 35.9 Å². The number of hydrogen-bond donors (Lipinski definition) is 0. The van der Waals surface area contributed by atoms with Gasteiger partial charge >= 0.3 is 0 Å². The second kappa shape index (κ2) is 8.99. The predicted molar refractivity (Wildman–Crippen MR) is 119 cm³/mol. The molecule has 0 amide bonds. The van der Waals surface area contributed by atoms with Crippen LogP contribution in [0.3, 0.4) is 0 Å². The Bertz CT molecular complexity index is 1320. The first kappa shape index (κ1) is 23.0. The van der Waals surface area contributed by atoms with Gasteiger partial charge in [-0.05, 0) is 42.5 Å². The van der Waals surface area contributed by atoms with E-state index >= 15 is 0 Å². The van der Waals surface area contributed by atoms with Crippen LogP contribution in [0.2, 0.25) is 5.02 Å². The normalized spacial score (nSPS) is 15.9. The zero-order chi connectivity index (χ0) is 23.0. The summed E-state index contributed by atoms with van der Waals surface area (Å²) in [7, 11) is -2.05. The third-order valence-electron chi connectivity index (χ3n) is 5.35. The van der Waals surface area contributed by atoms with Crippen LogP contribution >= 0.6 is 23.8 Å². The van der Waals surface area contributed by atoms with Gasteiger partial charge in [0.05, 0.1) is 22.2 Å². The number of sulfonamides is 1. The SMILES string of the molecule is Cn1c(-c2ccccc2F)nn(CN2CCN(S(=O)(=O)c3ccc(F)c(Cl)c3)CC2)c1=S. The highest BCUT2D eigenvalue weighted by molar-refractivity contribution is 7.89. The number of piperazine rings is 1. The molecule has 1 aromatic heterocycles. The molecule has 3 aromatic rings. The van der Waals surface area contributed by atoms with E-state index in [2.05, 4.69) is 5.10 Å². The molecule has 1 aliphatic rings. The Balaban J connectivity index is 1.47. The van der Waals surface area contributed by atoms with Gasteiger partial charge in [0.1, 0.15) is 11.6 Å². The number of halogens is 3. The summed E-state index contributed by atoms with van der Waals surface area (Å²) >= 11 is 11.2. The number of benzene rings is 2. The molecule has 0 atom stereocenters. The largest absolute Gasteiger partial charge is 0.303 e.